The van der Waals surface area contributed by atoms with Crippen LogP contribution in [0.25, 0.3) is 0 Å². The average Bonchev–Trinajstić information content (AvgIpc) is 2.10. The molecule has 0 radical (unpaired) electrons. The van der Waals surface area contributed by atoms with Crippen molar-refractivity contribution in [1.29, 1.82) is 0 Å². The number of nitrogens with one attached hydrogen (secondary N) is 1. The summed E-state index contributed by atoms with van der Waals surface area (Å²) in [7, 11) is 0. The predicted octanol–water partition coefficient (Wildman–Crippen LogP) is 1.17. The summed E-state index contributed by atoms with van der Waals surface area (Å²) < 4.78 is 0. The fourth-order valence-corrected chi connectivity index (χ4v) is 1.63. The van der Waals surface area contributed by atoms with E-state index < -0.39 is 0 Å². The minimum absolute atomic E-state index is 0.214. The van der Waals surface area contributed by atoms with Gasteiger partial charge in [0.25, 0.3) is 0 Å². The topological polar surface area (TPSA) is 29.1 Å². The molecule has 0 aliphatic carbocycles. The Balaban J connectivity index is 2.54. The van der Waals surface area contributed by atoms with E-state index in [2.05, 4.69) is 26.1 Å². The normalized spacial score (nSPS) is 33.0. The molecule has 0 aromatic rings. The highest BCUT2D eigenvalue weighted by Gasteiger charge is 2.30. The highest BCUT2D eigenvalue weighted by molar-refractivity contribution is 5.78. The first-order valence-corrected chi connectivity index (χ1v) is 3.90. The van der Waals surface area contributed by atoms with Gasteiger partial charge >= 0.3 is 0 Å². The molecule has 0 saturated carbocycles. The van der Waals surface area contributed by atoms with Crippen LogP contribution in [0.15, 0.2) is 0 Å². The van der Waals surface area contributed by atoms with Crippen molar-refractivity contribution in [3.63, 3.8) is 0 Å². The summed E-state index contributed by atoms with van der Waals surface area (Å²) >= 11 is 0. The third-order valence-electron chi connectivity index (χ3n) is 2.17. The summed E-state index contributed by atoms with van der Waals surface area (Å²) in [6.45, 7) is 6.42. The smallest absolute Gasteiger partial charge is 0.220 e. The Bertz CT molecular complexity index is 142. The Morgan fingerprint density at radius 3 is 2.40 bits per heavy atom. The SMILES string of the molecule is CC(C)[C@H]1NC(=O)C[C@H]1C. The first-order chi connectivity index (χ1) is 4.61. The van der Waals surface area contributed by atoms with E-state index in [9.17, 15) is 4.79 Å². The van der Waals surface area contributed by atoms with Crippen molar-refractivity contribution < 1.29 is 4.79 Å². The van der Waals surface area contributed by atoms with Crippen LogP contribution in [0.1, 0.15) is 27.2 Å². The molecule has 0 unspecified atom stereocenters. The highest BCUT2D eigenvalue weighted by atomic mass is 16.2. The van der Waals surface area contributed by atoms with Crippen molar-refractivity contribution in [2.45, 2.75) is 33.2 Å². The van der Waals surface area contributed by atoms with E-state index in [1.54, 1.807) is 0 Å². The molecule has 2 nitrogen and oxygen atoms in total. The van der Waals surface area contributed by atoms with Crippen LogP contribution < -0.4 is 5.32 Å². The Labute approximate surface area is 62.0 Å². The number of carbonyl (C=O) groups excluding carboxylic acids is 1. The standard InChI is InChI=1S/C8H15NO/c1-5(2)8-6(3)4-7(10)9-8/h5-6,8H,4H2,1-3H3,(H,9,10)/t6-,8-/m1/s1. The van der Waals surface area contributed by atoms with E-state index in [1.165, 1.54) is 0 Å². The average molecular weight is 141 g/mol. The molecule has 0 spiro atoms. The zero-order valence-corrected chi connectivity index (χ0v) is 6.85. The van der Waals surface area contributed by atoms with Gasteiger partial charge < -0.3 is 5.32 Å². The molecule has 0 aromatic carbocycles. The molecular formula is C8H15NO. The van der Waals surface area contributed by atoms with Crippen LogP contribution in [0, 0.1) is 11.8 Å². The molecule has 1 N–H and O–H groups in total. The lowest BCUT2D eigenvalue weighted by molar-refractivity contribution is -0.119. The number of rotatable bonds is 1. The van der Waals surface area contributed by atoms with Crippen LogP contribution in [0.2, 0.25) is 0 Å². The first-order valence-electron chi connectivity index (χ1n) is 3.90. The molecule has 1 rings (SSSR count). The van der Waals surface area contributed by atoms with Crippen LogP contribution in [-0.2, 0) is 4.79 Å². The number of hydrogen-bond donors (Lipinski definition) is 1. The summed E-state index contributed by atoms with van der Waals surface area (Å²) in [5.41, 5.74) is 0. The molecule has 1 saturated heterocycles. The summed E-state index contributed by atoms with van der Waals surface area (Å²) in [6, 6.07) is 0.410. The molecule has 0 bridgehead atoms. The van der Waals surface area contributed by atoms with Gasteiger partial charge in [-0.2, -0.15) is 0 Å². The van der Waals surface area contributed by atoms with Crippen LogP contribution >= 0.6 is 0 Å². The van der Waals surface area contributed by atoms with Gasteiger partial charge in [-0.3, -0.25) is 4.79 Å². The predicted molar refractivity (Wildman–Crippen MR) is 40.5 cm³/mol. The van der Waals surface area contributed by atoms with Crippen LogP contribution in [0.5, 0.6) is 0 Å². The molecule has 10 heavy (non-hydrogen) atoms. The Hall–Kier alpha value is -0.530. The highest BCUT2D eigenvalue weighted by Crippen LogP contribution is 2.21. The molecule has 1 heterocycles. The van der Waals surface area contributed by atoms with Gasteiger partial charge in [-0.05, 0) is 11.8 Å². The molecule has 0 aromatic heterocycles. The van der Waals surface area contributed by atoms with Crippen molar-refractivity contribution >= 4 is 5.91 Å². The molecular weight excluding hydrogens is 126 g/mol. The minimum atomic E-state index is 0.214. The van der Waals surface area contributed by atoms with E-state index >= 15 is 0 Å². The Morgan fingerprint density at radius 2 is 2.20 bits per heavy atom. The van der Waals surface area contributed by atoms with Crippen molar-refractivity contribution in [3.8, 4) is 0 Å². The number of amides is 1. The second-order valence-corrected chi connectivity index (χ2v) is 3.52. The third kappa shape index (κ3) is 1.31. The quantitative estimate of drug-likeness (QED) is 0.583. The van der Waals surface area contributed by atoms with Gasteiger partial charge in [0.05, 0.1) is 0 Å². The largest absolute Gasteiger partial charge is 0.353 e. The summed E-state index contributed by atoms with van der Waals surface area (Å²) in [6.07, 6.45) is 0.711. The maximum absolute atomic E-state index is 10.9. The number of hydrogen-bond acceptors (Lipinski definition) is 1. The Morgan fingerprint density at radius 1 is 1.60 bits per heavy atom. The lowest BCUT2D eigenvalue weighted by atomic mass is 9.94. The molecule has 1 fully saturated rings. The molecule has 1 aliphatic rings. The van der Waals surface area contributed by atoms with Crippen LogP contribution in [0.3, 0.4) is 0 Å². The lowest BCUT2D eigenvalue weighted by Crippen LogP contribution is -2.32. The van der Waals surface area contributed by atoms with Gasteiger partial charge in [-0.25, -0.2) is 0 Å². The zero-order valence-electron chi connectivity index (χ0n) is 6.85. The van der Waals surface area contributed by atoms with E-state index in [0.717, 1.165) is 0 Å². The zero-order chi connectivity index (χ0) is 7.72. The van der Waals surface area contributed by atoms with Gasteiger partial charge in [0, 0.05) is 12.5 Å². The third-order valence-corrected chi connectivity index (χ3v) is 2.17. The molecule has 58 valence electrons. The van der Waals surface area contributed by atoms with Gasteiger partial charge in [-0.1, -0.05) is 20.8 Å². The van der Waals surface area contributed by atoms with E-state index in [1.807, 2.05) is 0 Å². The summed E-state index contributed by atoms with van der Waals surface area (Å²) in [5, 5.41) is 2.96. The van der Waals surface area contributed by atoms with E-state index in [4.69, 9.17) is 0 Å². The minimum Gasteiger partial charge on any atom is -0.353 e. The van der Waals surface area contributed by atoms with Gasteiger partial charge in [0.2, 0.25) is 5.91 Å². The lowest BCUT2D eigenvalue weighted by Gasteiger charge is -2.18. The Kier molecular flexibility index (Phi) is 1.97. The molecule has 2 atom stereocenters. The maximum Gasteiger partial charge on any atom is 0.220 e. The first kappa shape index (κ1) is 7.58. The van der Waals surface area contributed by atoms with Crippen molar-refractivity contribution in [3.05, 3.63) is 0 Å². The van der Waals surface area contributed by atoms with Crippen molar-refractivity contribution in [1.82, 2.24) is 5.32 Å². The van der Waals surface area contributed by atoms with Crippen LogP contribution in [0.4, 0.5) is 0 Å². The summed E-state index contributed by atoms with van der Waals surface area (Å²) in [4.78, 5) is 10.9. The van der Waals surface area contributed by atoms with Gasteiger partial charge in [-0.15, -0.1) is 0 Å². The van der Waals surface area contributed by atoms with Crippen molar-refractivity contribution in [2.24, 2.45) is 11.8 Å². The number of carbonyl (C=O) groups is 1. The monoisotopic (exact) mass is 141 g/mol. The fourth-order valence-electron chi connectivity index (χ4n) is 1.63. The molecule has 2 heteroatoms. The maximum atomic E-state index is 10.9. The molecule has 1 aliphatic heterocycles. The van der Waals surface area contributed by atoms with Gasteiger partial charge in [0.15, 0.2) is 0 Å². The van der Waals surface area contributed by atoms with E-state index in [-0.39, 0.29) is 5.91 Å². The fraction of sp³-hybridized carbons (Fsp3) is 0.875. The van der Waals surface area contributed by atoms with E-state index in [0.29, 0.717) is 24.3 Å². The molecule has 1 amide bonds. The van der Waals surface area contributed by atoms with Crippen molar-refractivity contribution in [2.75, 3.05) is 0 Å². The second-order valence-electron chi connectivity index (χ2n) is 3.52. The summed E-state index contributed by atoms with van der Waals surface area (Å²) in [5.74, 6) is 1.31. The van der Waals surface area contributed by atoms with Gasteiger partial charge in [0.1, 0.15) is 0 Å². The second kappa shape index (κ2) is 2.60. The van der Waals surface area contributed by atoms with Crippen LogP contribution in [-0.4, -0.2) is 11.9 Å².